The van der Waals surface area contributed by atoms with Crippen molar-refractivity contribution < 1.29 is 9.59 Å². The third-order valence-corrected chi connectivity index (χ3v) is 4.97. The number of rotatable bonds is 5. The summed E-state index contributed by atoms with van der Waals surface area (Å²) >= 11 is 0. The molecular weight excluding hydrogens is 318 g/mol. The van der Waals surface area contributed by atoms with Crippen LogP contribution in [-0.4, -0.2) is 58.9 Å². The van der Waals surface area contributed by atoms with Gasteiger partial charge < -0.3 is 15.1 Å². The average Bonchev–Trinajstić information content (AvgIpc) is 3.01. The number of hydrogen-bond acceptors (Lipinski definition) is 5. The zero-order valence-electron chi connectivity index (χ0n) is 14.7. The van der Waals surface area contributed by atoms with Gasteiger partial charge in [-0.15, -0.1) is 0 Å². The summed E-state index contributed by atoms with van der Waals surface area (Å²) in [6.45, 7) is 2.95. The molecule has 2 aliphatic rings. The first-order chi connectivity index (χ1) is 12.2. The van der Waals surface area contributed by atoms with Crippen molar-refractivity contribution in [3.8, 4) is 0 Å². The maximum atomic E-state index is 12.4. The van der Waals surface area contributed by atoms with E-state index in [1.165, 1.54) is 12.8 Å². The van der Waals surface area contributed by atoms with Crippen molar-refractivity contribution in [3.05, 3.63) is 18.5 Å². The molecule has 0 bridgehead atoms. The minimum Gasteiger partial charge on any atom is -0.353 e. The third-order valence-electron chi connectivity index (χ3n) is 4.97. The van der Waals surface area contributed by atoms with Crippen LogP contribution < -0.4 is 10.2 Å². The fraction of sp³-hybridized carbons (Fsp3) is 0.667. The van der Waals surface area contributed by atoms with Gasteiger partial charge in [0.1, 0.15) is 0 Å². The van der Waals surface area contributed by atoms with Crippen molar-refractivity contribution in [2.24, 2.45) is 0 Å². The maximum absolute atomic E-state index is 12.4. The number of anilines is 1. The Morgan fingerprint density at radius 1 is 1.00 bits per heavy atom. The molecule has 1 N–H and O–H groups in total. The number of nitrogens with zero attached hydrogens (tertiary/aromatic N) is 4. The Labute approximate surface area is 148 Å². The Morgan fingerprint density at radius 3 is 2.52 bits per heavy atom. The number of nitrogens with one attached hydrogen (secondary N) is 1. The normalized spacial score (nSPS) is 18.9. The molecule has 7 nitrogen and oxygen atoms in total. The van der Waals surface area contributed by atoms with Crippen LogP contribution in [0.3, 0.4) is 0 Å². The molecule has 0 unspecified atom stereocenters. The van der Waals surface area contributed by atoms with Crippen LogP contribution in [0.4, 0.5) is 5.95 Å². The summed E-state index contributed by atoms with van der Waals surface area (Å²) in [5, 5.41) is 3.04. The van der Waals surface area contributed by atoms with Gasteiger partial charge >= 0.3 is 0 Å². The van der Waals surface area contributed by atoms with E-state index in [1.54, 1.807) is 18.5 Å². The van der Waals surface area contributed by atoms with E-state index in [1.807, 2.05) is 4.90 Å². The molecule has 2 fully saturated rings. The minimum absolute atomic E-state index is 0.00869. The Balaban J connectivity index is 1.42. The SMILES string of the molecule is O=C(CCC(=O)N1CCCN(c2ncccn2)CC1)NC1CCCC1. The third kappa shape index (κ3) is 5.14. The van der Waals surface area contributed by atoms with Gasteiger partial charge in [-0.05, 0) is 25.3 Å². The van der Waals surface area contributed by atoms with Gasteiger partial charge in [0, 0.05) is 57.5 Å². The molecule has 1 saturated carbocycles. The summed E-state index contributed by atoms with van der Waals surface area (Å²) in [5.41, 5.74) is 0. The first kappa shape index (κ1) is 17.6. The van der Waals surface area contributed by atoms with Crippen molar-refractivity contribution in [2.45, 2.75) is 51.0 Å². The molecule has 1 saturated heterocycles. The molecule has 136 valence electrons. The molecule has 25 heavy (non-hydrogen) atoms. The highest BCUT2D eigenvalue weighted by Crippen LogP contribution is 2.18. The highest BCUT2D eigenvalue weighted by Gasteiger charge is 2.22. The monoisotopic (exact) mass is 345 g/mol. The fourth-order valence-corrected chi connectivity index (χ4v) is 3.57. The molecule has 1 aliphatic heterocycles. The topological polar surface area (TPSA) is 78.4 Å². The quantitative estimate of drug-likeness (QED) is 0.872. The Hall–Kier alpha value is -2.18. The van der Waals surface area contributed by atoms with Crippen molar-refractivity contribution in [1.29, 1.82) is 0 Å². The zero-order valence-corrected chi connectivity index (χ0v) is 14.7. The molecule has 1 aromatic heterocycles. The van der Waals surface area contributed by atoms with Crippen LogP contribution in [0.2, 0.25) is 0 Å². The molecule has 0 aromatic carbocycles. The molecule has 2 amide bonds. The maximum Gasteiger partial charge on any atom is 0.225 e. The minimum atomic E-state index is 0.00869. The molecule has 2 heterocycles. The lowest BCUT2D eigenvalue weighted by molar-refractivity contribution is -0.133. The lowest BCUT2D eigenvalue weighted by atomic mass is 10.2. The first-order valence-electron chi connectivity index (χ1n) is 9.31. The number of aromatic nitrogens is 2. The molecule has 1 aliphatic carbocycles. The summed E-state index contributed by atoms with van der Waals surface area (Å²) in [6.07, 6.45) is 9.47. The fourth-order valence-electron chi connectivity index (χ4n) is 3.57. The van der Waals surface area contributed by atoms with E-state index >= 15 is 0 Å². The molecule has 0 atom stereocenters. The average molecular weight is 345 g/mol. The molecular formula is C18H27N5O2. The van der Waals surface area contributed by atoms with E-state index in [-0.39, 0.29) is 18.2 Å². The van der Waals surface area contributed by atoms with Crippen molar-refractivity contribution in [2.75, 3.05) is 31.1 Å². The highest BCUT2D eigenvalue weighted by atomic mass is 16.2. The largest absolute Gasteiger partial charge is 0.353 e. The predicted octanol–water partition coefficient (Wildman–Crippen LogP) is 1.35. The number of hydrogen-bond donors (Lipinski definition) is 1. The summed E-state index contributed by atoms with van der Waals surface area (Å²) in [4.78, 5) is 37.0. The van der Waals surface area contributed by atoms with Crippen LogP contribution in [0.1, 0.15) is 44.9 Å². The lowest BCUT2D eigenvalue weighted by Crippen LogP contribution is -2.37. The smallest absolute Gasteiger partial charge is 0.225 e. The summed E-state index contributed by atoms with van der Waals surface area (Å²) < 4.78 is 0. The highest BCUT2D eigenvalue weighted by molar-refractivity contribution is 5.84. The Morgan fingerprint density at radius 2 is 1.76 bits per heavy atom. The second kappa shape index (κ2) is 8.78. The van der Waals surface area contributed by atoms with Crippen molar-refractivity contribution in [1.82, 2.24) is 20.2 Å². The van der Waals surface area contributed by atoms with Crippen LogP contribution in [0, 0.1) is 0 Å². The number of carbonyl (C=O) groups is 2. The number of carbonyl (C=O) groups excluding carboxylic acids is 2. The van der Waals surface area contributed by atoms with E-state index in [0.29, 0.717) is 25.0 Å². The van der Waals surface area contributed by atoms with E-state index in [9.17, 15) is 9.59 Å². The van der Waals surface area contributed by atoms with Gasteiger partial charge in [0.05, 0.1) is 0 Å². The van der Waals surface area contributed by atoms with E-state index in [0.717, 1.165) is 38.9 Å². The van der Waals surface area contributed by atoms with Gasteiger partial charge in [-0.25, -0.2) is 9.97 Å². The Kier molecular flexibility index (Phi) is 6.19. The summed E-state index contributed by atoms with van der Waals surface area (Å²) in [6, 6.07) is 2.12. The molecule has 1 aromatic rings. The van der Waals surface area contributed by atoms with Gasteiger partial charge in [0.15, 0.2) is 0 Å². The van der Waals surface area contributed by atoms with Crippen LogP contribution in [0.5, 0.6) is 0 Å². The Bertz CT molecular complexity index is 574. The van der Waals surface area contributed by atoms with Gasteiger partial charge in [0.25, 0.3) is 0 Å². The second-order valence-electron chi connectivity index (χ2n) is 6.82. The number of amides is 2. The molecule has 0 radical (unpaired) electrons. The zero-order chi connectivity index (χ0) is 17.5. The van der Waals surface area contributed by atoms with E-state index < -0.39 is 0 Å². The van der Waals surface area contributed by atoms with Crippen LogP contribution in [-0.2, 0) is 9.59 Å². The van der Waals surface area contributed by atoms with Crippen LogP contribution in [0.15, 0.2) is 18.5 Å². The van der Waals surface area contributed by atoms with Gasteiger partial charge in [-0.2, -0.15) is 0 Å². The standard InChI is InChI=1S/C18H27N5O2/c24-16(21-15-5-1-2-6-15)7-8-17(25)22-11-4-12-23(14-13-22)18-19-9-3-10-20-18/h3,9-10,15H,1-2,4-8,11-14H2,(H,21,24). The van der Waals surface area contributed by atoms with Crippen molar-refractivity contribution in [3.63, 3.8) is 0 Å². The molecule has 0 spiro atoms. The summed E-state index contributed by atoms with van der Waals surface area (Å²) in [5.74, 6) is 0.791. The van der Waals surface area contributed by atoms with Crippen LogP contribution in [0.25, 0.3) is 0 Å². The first-order valence-corrected chi connectivity index (χ1v) is 9.31. The van der Waals surface area contributed by atoms with E-state index in [4.69, 9.17) is 0 Å². The predicted molar refractivity (Wildman–Crippen MR) is 95.1 cm³/mol. The van der Waals surface area contributed by atoms with Gasteiger partial charge in [0.2, 0.25) is 17.8 Å². The van der Waals surface area contributed by atoms with E-state index in [2.05, 4.69) is 20.2 Å². The van der Waals surface area contributed by atoms with Gasteiger partial charge in [-0.1, -0.05) is 12.8 Å². The molecule has 7 heteroatoms. The molecule has 3 rings (SSSR count). The second-order valence-corrected chi connectivity index (χ2v) is 6.82. The lowest BCUT2D eigenvalue weighted by Gasteiger charge is -2.22. The van der Waals surface area contributed by atoms with Crippen molar-refractivity contribution >= 4 is 17.8 Å². The van der Waals surface area contributed by atoms with Crippen LogP contribution >= 0.6 is 0 Å². The van der Waals surface area contributed by atoms with Gasteiger partial charge in [-0.3, -0.25) is 9.59 Å². The summed E-state index contributed by atoms with van der Waals surface area (Å²) in [7, 11) is 0.